The van der Waals surface area contributed by atoms with Crippen LogP contribution in [0.5, 0.6) is 0 Å². The summed E-state index contributed by atoms with van der Waals surface area (Å²) >= 11 is 0. The third-order valence-electron chi connectivity index (χ3n) is 1.59. The molecule has 1 heterocycles. The van der Waals surface area contributed by atoms with E-state index in [1.54, 1.807) is 0 Å². The van der Waals surface area contributed by atoms with Gasteiger partial charge in [-0.3, -0.25) is 4.79 Å². The van der Waals surface area contributed by atoms with Crippen molar-refractivity contribution < 1.29 is 36.6 Å². The molecule has 0 radical (unpaired) electrons. The van der Waals surface area contributed by atoms with Crippen molar-refractivity contribution in [1.29, 1.82) is 0 Å². The molecule has 0 unspecified atom stereocenters. The first-order valence-corrected chi connectivity index (χ1v) is 3.96. The van der Waals surface area contributed by atoms with Crippen LogP contribution in [-0.4, -0.2) is 47.6 Å². The number of amides is 1. The van der Waals surface area contributed by atoms with Crippen LogP contribution in [0.15, 0.2) is 0 Å². The number of likely N-dealkylation sites (tertiary alicyclic amines) is 1. The van der Waals surface area contributed by atoms with E-state index in [1.165, 1.54) is 0 Å². The Morgan fingerprint density at radius 2 is 1.81 bits per heavy atom. The summed E-state index contributed by atoms with van der Waals surface area (Å²) < 4.78 is 56.1. The molecule has 0 spiro atoms. The molecule has 1 aliphatic heterocycles. The second kappa shape index (κ2) is 5.08. The van der Waals surface area contributed by atoms with Crippen LogP contribution in [0, 0.1) is 0 Å². The van der Waals surface area contributed by atoms with E-state index < -0.39 is 24.6 Å². The van der Waals surface area contributed by atoms with Gasteiger partial charge in [-0.15, -0.1) is 0 Å². The maximum atomic E-state index is 12.2. The van der Waals surface area contributed by atoms with E-state index in [9.17, 15) is 26.7 Å². The largest absolute Gasteiger partial charge is 0.490 e. The Labute approximate surface area is 86.6 Å². The molecule has 1 saturated heterocycles. The topological polar surface area (TPSA) is 57.6 Å². The van der Waals surface area contributed by atoms with Gasteiger partial charge in [-0.2, -0.15) is 13.2 Å². The summed E-state index contributed by atoms with van der Waals surface area (Å²) in [6, 6.07) is 0. The molecule has 1 fully saturated rings. The van der Waals surface area contributed by atoms with E-state index >= 15 is 0 Å². The first kappa shape index (κ1) is 14.6. The molecule has 0 aromatic carbocycles. The van der Waals surface area contributed by atoms with Crippen molar-refractivity contribution in [3.63, 3.8) is 0 Å². The van der Waals surface area contributed by atoms with Crippen molar-refractivity contribution in [3.8, 4) is 0 Å². The van der Waals surface area contributed by atoms with Crippen LogP contribution in [0.1, 0.15) is 6.42 Å². The van der Waals surface area contributed by atoms with Crippen molar-refractivity contribution in [2.45, 2.75) is 18.5 Å². The van der Waals surface area contributed by atoms with Crippen LogP contribution in [0.4, 0.5) is 22.0 Å². The Balaban J connectivity index is 0.000000293. The van der Waals surface area contributed by atoms with Crippen LogP contribution in [0.3, 0.4) is 0 Å². The fourth-order valence-electron chi connectivity index (χ4n) is 0.852. The summed E-state index contributed by atoms with van der Waals surface area (Å²) in [6.07, 6.45) is -4.81. The lowest BCUT2D eigenvalue weighted by molar-refractivity contribution is -0.192. The molecule has 1 rings (SSSR count). The second-order valence-electron chi connectivity index (χ2n) is 2.98. The lowest BCUT2D eigenvalue weighted by Gasteiger charge is -2.07. The molecule has 0 aliphatic carbocycles. The lowest BCUT2D eigenvalue weighted by atomic mass is 10.3. The van der Waals surface area contributed by atoms with E-state index in [2.05, 4.69) is 0 Å². The first-order chi connectivity index (χ1) is 7.08. The monoisotopic (exact) mass is 249 g/mol. The minimum atomic E-state index is -5.08. The molecule has 1 amide bonds. The molecular formula is C7H8F5NO3. The van der Waals surface area contributed by atoms with Crippen molar-refractivity contribution in [3.05, 3.63) is 0 Å². The molecule has 1 aliphatic rings. The Bertz CT molecular complexity index is 265. The summed E-state index contributed by atoms with van der Waals surface area (Å²) in [7, 11) is 0. The van der Waals surface area contributed by atoms with Gasteiger partial charge in [0, 0.05) is 13.0 Å². The highest BCUT2D eigenvalue weighted by Crippen LogP contribution is 2.25. The number of carbonyl (C=O) groups is 2. The van der Waals surface area contributed by atoms with E-state index in [-0.39, 0.29) is 13.0 Å². The molecule has 94 valence electrons. The highest BCUT2D eigenvalue weighted by Gasteiger charge is 2.38. The summed E-state index contributed by atoms with van der Waals surface area (Å²) in [5.74, 6) is -5.39. The number of hydrogen-bond donors (Lipinski definition) is 1. The molecule has 1 N–H and O–H groups in total. The molecule has 0 saturated carbocycles. The van der Waals surface area contributed by atoms with Crippen LogP contribution < -0.4 is 0 Å². The van der Waals surface area contributed by atoms with Gasteiger partial charge in [-0.1, -0.05) is 0 Å². The molecule has 0 bridgehead atoms. The third kappa shape index (κ3) is 5.47. The van der Waals surface area contributed by atoms with Crippen molar-refractivity contribution >= 4 is 12.4 Å². The Hall–Kier alpha value is -1.41. The number of halogens is 5. The van der Waals surface area contributed by atoms with Gasteiger partial charge in [0.25, 0.3) is 5.92 Å². The van der Waals surface area contributed by atoms with Gasteiger partial charge < -0.3 is 10.0 Å². The molecule has 9 heteroatoms. The number of nitrogens with zero attached hydrogens (tertiary/aromatic N) is 1. The minimum absolute atomic E-state index is 0.189. The molecule has 16 heavy (non-hydrogen) atoms. The maximum Gasteiger partial charge on any atom is 0.490 e. The van der Waals surface area contributed by atoms with Crippen LogP contribution in [0.2, 0.25) is 0 Å². The van der Waals surface area contributed by atoms with Gasteiger partial charge in [0.2, 0.25) is 6.41 Å². The van der Waals surface area contributed by atoms with Crippen molar-refractivity contribution in [1.82, 2.24) is 4.90 Å². The van der Waals surface area contributed by atoms with E-state index in [0.29, 0.717) is 6.41 Å². The van der Waals surface area contributed by atoms with Gasteiger partial charge in [0.05, 0.1) is 6.54 Å². The van der Waals surface area contributed by atoms with Crippen LogP contribution in [0.25, 0.3) is 0 Å². The smallest absolute Gasteiger partial charge is 0.475 e. The highest BCUT2D eigenvalue weighted by atomic mass is 19.4. The average Bonchev–Trinajstić information content (AvgIpc) is 2.45. The fourth-order valence-corrected chi connectivity index (χ4v) is 0.852. The Kier molecular flexibility index (Phi) is 4.63. The Morgan fingerprint density at radius 3 is 1.94 bits per heavy atom. The summed E-state index contributed by atoms with van der Waals surface area (Å²) in [5, 5.41) is 7.12. The average molecular weight is 249 g/mol. The van der Waals surface area contributed by atoms with Gasteiger partial charge in [-0.25, -0.2) is 13.6 Å². The van der Waals surface area contributed by atoms with E-state index in [1.807, 2.05) is 0 Å². The zero-order valence-corrected chi connectivity index (χ0v) is 7.80. The van der Waals surface area contributed by atoms with Crippen molar-refractivity contribution in [2.75, 3.05) is 13.1 Å². The predicted molar refractivity (Wildman–Crippen MR) is 40.9 cm³/mol. The molecule has 0 aromatic rings. The maximum absolute atomic E-state index is 12.2. The van der Waals surface area contributed by atoms with Gasteiger partial charge in [-0.05, 0) is 0 Å². The number of aliphatic carboxylic acids is 1. The van der Waals surface area contributed by atoms with Gasteiger partial charge in [0.1, 0.15) is 0 Å². The molecule has 4 nitrogen and oxygen atoms in total. The summed E-state index contributed by atoms with van der Waals surface area (Å²) in [5.41, 5.74) is 0. The number of carboxylic acid groups (broad SMARTS) is 1. The number of rotatable bonds is 1. The second-order valence-corrected chi connectivity index (χ2v) is 2.98. The Morgan fingerprint density at radius 1 is 1.38 bits per heavy atom. The van der Waals surface area contributed by atoms with E-state index in [0.717, 1.165) is 4.90 Å². The number of carbonyl (C=O) groups excluding carboxylic acids is 1. The zero-order chi connectivity index (χ0) is 13.0. The zero-order valence-electron chi connectivity index (χ0n) is 7.80. The molecular weight excluding hydrogens is 241 g/mol. The minimum Gasteiger partial charge on any atom is -0.475 e. The fraction of sp³-hybridized carbons (Fsp3) is 0.714. The predicted octanol–water partition coefficient (Wildman–Crippen LogP) is 1.12. The molecule has 0 atom stereocenters. The molecule has 0 aromatic heterocycles. The highest BCUT2D eigenvalue weighted by molar-refractivity contribution is 5.73. The quantitative estimate of drug-likeness (QED) is 0.559. The number of hydrogen-bond acceptors (Lipinski definition) is 2. The summed E-state index contributed by atoms with van der Waals surface area (Å²) in [4.78, 5) is 19.9. The van der Waals surface area contributed by atoms with Gasteiger partial charge >= 0.3 is 12.1 Å². The number of carboxylic acids is 1. The van der Waals surface area contributed by atoms with Gasteiger partial charge in [0.15, 0.2) is 0 Å². The lowest BCUT2D eigenvalue weighted by Crippen LogP contribution is -2.23. The standard InChI is InChI=1S/C5H7F2NO.C2HF3O2/c6-5(7)1-2-8(3-5)4-9;3-2(4,5)1(6)7/h4H,1-3H2;(H,6,7). The van der Waals surface area contributed by atoms with Crippen LogP contribution >= 0.6 is 0 Å². The third-order valence-corrected chi connectivity index (χ3v) is 1.59. The normalized spacial score (nSPS) is 18.7. The summed E-state index contributed by atoms with van der Waals surface area (Å²) in [6.45, 7) is -0.215. The van der Waals surface area contributed by atoms with Crippen molar-refractivity contribution in [2.24, 2.45) is 0 Å². The first-order valence-electron chi connectivity index (χ1n) is 3.96. The number of alkyl halides is 5. The van der Waals surface area contributed by atoms with Crippen LogP contribution in [-0.2, 0) is 9.59 Å². The van der Waals surface area contributed by atoms with E-state index in [4.69, 9.17) is 9.90 Å². The SMILES string of the molecule is O=C(O)C(F)(F)F.O=CN1CCC(F)(F)C1.